The molecule has 2 aromatic heterocycles. The highest BCUT2D eigenvalue weighted by atomic mass is 16.3. The number of aryl methyl sites for hydroxylation is 2. The van der Waals surface area contributed by atoms with Gasteiger partial charge in [-0.1, -0.05) is 0 Å². The van der Waals surface area contributed by atoms with Gasteiger partial charge in [-0.25, -0.2) is 4.98 Å². The van der Waals surface area contributed by atoms with Crippen LogP contribution < -0.4 is 5.73 Å². The third kappa shape index (κ3) is 1.05. The van der Waals surface area contributed by atoms with Crippen molar-refractivity contribution in [3.05, 3.63) is 23.1 Å². The molecule has 0 bridgehead atoms. The number of nitrogens with two attached hydrogens (primary N) is 1. The number of aromatic nitrogens is 1. The van der Waals surface area contributed by atoms with Crippen LogP contribution in [0, 0.1) is 26.2 Å². The maximum Gasteiger partial charge on any atom is 0.230 e. The molecule has 3 heteroatoms. The summed E-state index contributed by atoms with van der Waals surface area (Å²) in [6, 6.07) is 1.95. The van der Waals surface area contributed by atoms with Crippen LogP contribution >= 0.6 is 0 Å². The van der Waals surface area contributed by atoms with E-state index in [9.17, 15) is 0 Å². The first kappa shape index (κ1) is 8.64. The summed E-state index contributed by atoms with van der Waals surface area (Å²) in [6.07, 6.45) is 5.25. The predicted molar refractivity (Wildman–Crippen MR) is 55.8 cm³/mol. The van der Waals surface area contributed by atoms with Crippen molar-refractivity contribution < 1.29 is 4.42 Å². The van der Waals surface area contributed by atoms with Crippen molar-refractivity contribution >= 4 is 16.8 Å². The third-order valence-electron chi connectivity index (χ3n) is 2.16. The average molecular weight is 186 g/mol. The molecule has 0 aliphatic rings. The van der Waals surface area contributed by atoms with E-state index in [0.29, 0.717) is 17.2 Å². The van der Waals surface area contributed by atoms with Gasteiger partial charge in [0.05, 0.1) is 11.1 Å². The Morgan fingerprint density at radius 2 is 2.21 bits per heavy atom. The van der Waals surface area contributed by atoms with Crippen molar-refractivity contribution in [2.45, 2.75) is 13.8 Å². The molecule has 70 valence electrons. The molecule has 2 aromatic rings. The highest BCUT2D eigenvalue weighted by molar-refractivity contribution is 5.92. The number of terminal acetylenes is 1. The minimum Gasteiger partial charge on any atom is -0.427 e. The summed E-state index contributed by atoms with van der Waals surface area (Å²) in [6.45, 7) is 3.86. The van der Waals surface area contributed by atoms with Crippen LogP contribution in [0.15, 0.2) is 10.5 Å². The number of nitrogens with zero attached hydrogens (tertiary/aromatic N) is 1. The van der Waals surface area contributed by atoms with Crippen LogP contribution in [0.1, 0.15) is 17.0 Å². The van der Waals surface area contributed by atoms with Gasteiger partial charge in [0.15, 0.2) is 0 Å². The molecule has 0 fully saturated rings. The number of nitrogen functional groups attached to an aromatic ring is 1. The molecule has 14 heavy (non-hydrogen) atoms. The lowest BCUT2D eigenvalue weighted by Crippen LogP contribution is -1.88. The van der Waals surface area contributed by atoms with Gasteiger partial charge in [-0.3, -0.25) is 0 Å². The molecule has 0 saturated heterocycles. The maximum absolute atomic E-state index is 5.82. The largest absolute Gasteiger partial charge is 0.427 e. The molecule has 2 N–H and O–H groups in total. The summed E-state index contributed by atoms with van der Waals surface area (Å²) >= 11 is 0. The molecule has 2 heterocycles. The first-order valence-electron chi connectivity index (χ1n) is 4.26. The number of pyridine rings is 1. The van der Waals surface area contributed by atoms with Crippen LogP contribution in [-0.4, -0.2) is 4.98 Å². The number of rotatable bonds is 0. The topological polar surface area (TPSA) is 52.0 Å². The van der Waals surface area contributed by atoms with E-state index >= 15 is 0 Å². The third-order valence-corrected chi connectivity index (χ3v) is 2.16. The molecule has 0 unspecified atom stereocenters. The van der Waals surface area contributed by atoms with Gasteiger partial charge >= 0.3 is 0 Å². The molecular weight excluding hydrogens is 176 g/mol. The van der Waals surface area contributed by atoms with Gasteiger partial charge in [0.25, 0.3) is 0 Å². The smallest absolute Gasteiger partial charge is 0.230 e. The van der Waals surface area contributed by atoms with E-state index in [0.717, 1.165) is 16.6 Å². The summed E-state index contributed by atoms with van der Waals surface area (Å²) in [5.74, 6) is 2.76. The quantitative estimate of drug-likeness (QED) is 0.640. The Labute approximate surface area is 81.9 Å². The zero-order valence-corrected chi connectivity index (χ0v) is 8.09. The fourth-order valence-corrected chi connectivity index (χ4v) is 1.58. The fraction of sp³-hybridized carbons (Fsp3) is 0.182. The van der Waals surface area contributed by atoms with Crippen molar-refractivity contribution in [1.82, 2.24) is 4.98 Å². The Bertz CT molecular complexity index is 546. The normalized spacial score (nSPS) is 10.4. The Hall–Kier alpha value is -1.95. The van der Waals surface area contributed by atoms with Crippen LogP contribution in [0.5, 0.6) is 0 Å². The lowest BCUT2D eigenvalue weighted by molar-refractivity contribution is 0.590. The second-order valence-corrected chi connectivity index (χ2v) is 3.25. The standard InChI is InChI=1S/C11H10N2O/c1-4-8-10(12)9-6(2)5-7(3)13-11(9)14-8/h1,5H,12H2,2-3H3. The predicted octanol–water partition coefficient (Wildman–Crippen LogP) is 2.01. The molecule has 2 rings (SSSR count). The van der Waals surface area contributed by atoms with Gasteiger partial charge in [0.2, 0.25) is 11.5 Å². The minimum atomic E-state index is 0.362. The average Bonchev–Trinajstić information content (AvgIpc) is 2.42. The van der Waals surface area contributed by atoms with Gasteiger partial charge in [0, 0.05) is 5.69 Å². The fourth-order valence-electron chi connectivity index (χ4n) is 1.58. The van der Waals surface area contributed by atoms with Crippen LogP contribution in [0.3, 0.4) is 0 Å². The summed E-state index contributed by atoms with van der Waals surface area (Å²) in [5.41, 5.74) is 8.79. The van der Waals surface area contributed by atoms with Crippen molar-refractivity contribution in [3.63, 3.8) is 0 Å². The van der Waals surface area contributed by atoms with E-state index in [-0.39, 0.29) is 0 Å². The minimum absolute atomic E-state index is 0.362. The summed E-state index contributed by atoms with van der Waals surface area (Å²) in [7, 11) is 0. The molecule has 0 atom stereocenters. The van der Waals surface area contributed by atoms with E-state index in [4.69, 9.17) is 16.6 Å². The Morgan fingerprint density at radius 3 is 2.86 bits per heavy atom. The van der Waals surface area contributed by atoms with Gasteiger partial charge in [-0.15, -0.1) is 6.42 Å². The van der Waals surface area contributed by atoms with Crippen LogP contribution in [0.25, 0.3) is 11.1 Å². The van der Waals surface area contributed by atoms with Gasteiger partial charge < -0.3 is 10.2 Å². The monoisotopic (exact) mass is 186 g/mol. The second kappa shape index (κ2) is 2.78. The zero-order valence-electron chi connectivity index (χ0n) is 8.09. The number of fused-ring (bicyclic) bond motifs is 1. The molecule has 0 amide bonds. The number of furan rings is 1. The van der Waals surface area contributed by atoms with E-state index in [2.05, 4.69) is 10.9 Å². The first-order chi connectivity index (χ1) is 6.63. The Kier molecular flexibility index (Phi) is 1.71. The molecule has 0 aliphatic heterocycles. The molecular formula is C11H10N2O. The summed E-state index contributed by atoms with van der Waals surface area (Å²) in [5, 5.41) is 0.823. The van der Waals surface area contributed by atoms with Crippen molar-refractivity contribution in [2.75, 3.05) is 5.73 Å². The number of hydrogen-bond donors (Lipinski definition) is 1. The summed E-state index contributed by atoms with van der Waals surface area (Å²) < 4.78 is 5.34. The number of anilines is 1. The van der Waals surface area contributed by atoms with Gasteiger partial charge in [-0.2, -0.15) is 0 Å². The van der Waals surface area contributed by atoms with Gasteiger partial charge in [0.1, 0.15) is 0 Å². The number of hydrogen-bond acceptors (Lipinski definition) is 3. The Balaban J connectivity index is 2.94. The van der Waals surface area contributed by atoms with Crippen molar-refractivity contribution in [3.8, 4) is 12.3 Å². The van der Waals surface area contributed by atoms with E-state index in [1.807, 2.05) is 19.9 Å². The molecule has 0 aromatic carbocycles. The lowest BCUT2D eigenvalue weighted by atomic mass is 10.1. The van der Waals surface area contributed by atoms with E-state index in [1.54, 1.807) is 0 Å². The second-order valence-electron chi connectivity index (χ2n) is 3.25. The molecule has 3 nitrogen and oxygen atoms in total. The first-order valence-corrected chi connectivity index (χ1v) is 4.26. The maximum atomic E-state index is 5.82. The highest BCUT2D eigenvalue weighted by Crippen LogP contribution is 2.29. The zero-order chi connectivity index (χ0) is 10.3. The van der Waals surface area contributed by atoms with Crippen LogP contribution in [0.2, 0.25) is 0 Å². The van der Waals surface area contributed by atoms with Crippen LogP contribution in [0.4, 0.5) is 5.69 Å². The van der Waals surface area contributed by atoms with Crippen molar-refractivity contribution in [2.24, 2.45) is 0 Å². The molecule has 0 saturated carbocycles. The SMILES string of the molecule is C#Cc1oc2nc(C)cc(C)c2c1N. The highest BCUT2D eigenvalue weighted by Gasteiger charge is 2.13. The van der Waals surface area contributed by atoms with E-state index in [1.165, 1.54) is 0 Å². The molecule has 0 spiro atoms. The van der Waals surface area contributed by atoms with Crippen LogP contribution in [-0.2, 0) is 0 Å². The molecule has 0 aliphatic carbocycles. The van der Waals surface area contributed by atoms with Gasteiger partial charge in [-0.05, 0) is 31.4 Å². The summed E-state index contributed by atoms with van der Waals surface area (Å²) in [4.78, 5) is 4.22. The lowest BCUT2D eigenvalue weighted by Gasteiger charge is -1.96. The Morgan fingerprint density at radius 1 is 1.50 bits per heavy atom. The molecule has 0 radical (unpaired) electrons. The van der Waals surface area contributed by atoms with E-state index < -0.39 is 0 Å². The van der Waals surface area contributed by atoms with Crippen molar-refractivity contribution in [1.29, 1.82) is 0 Å².